The molecule has 1 aliphatic heterocycles. The molecule has 0 unspecified atom stereocenters. The Labute approximate surface area is 147 Å². The summed E-state index contributed by atoms with van der Waals surface area (Å²) in [6, 6.07) is 0. The fourth-order valence-corrected chi connectivity index (χ4v) is 3.13. The standard InChI is InChI=1S/C17H26N6O2/c1-4-23-11-15(13(2)18-23)5-6-17(24)22-9-7-21(8-10-22)12-16-14(3)19-25-20-16/h11H,4-10,12H2,1-3H3. The maximum Gasteiger partial charge on any atom is 0.222 e. The van der Waals surface area contributed by atoms with Crippen LogP contribution in [0.2, 0.25) is 0 Å². The van der Waals surface area contributed by atoms with Crippen molar-refractivity contribution in [3.05, 3.63) is 28.8 Å². The van der Waals surface area contributed by atoms with Gasteiger partial charge >= 0.3 is 0 Å². The van der Waals surface area contributed by atoms with Crippen molar-refractivity contribution >= 4 is 5.91 Å². The average Bonchev–Trinajstić information content (AvgIpc) is 3.19. The molecule has 0 spiro atoms. The maximum atomic E-state index is 12.5. The zero-order chi connectivity index (χ0) is 17.8. The van der Waals surface area contributed by atoms with Crippen molar-refractivity contribution < 1.29 is 9.42 Å². The second kappa shape index (κ2) is 7.77. The second-order valence-corrected chi connectivity index (χ2v) is 6.55. The van der Waals surface area contributed by atoms with Gasteiger partial charge in [-0.1, -0.05) is 10.3 Å². The Morgan fingerprint density at radius 3 is 2.52 bits per heavy atom. The number of piperazine rings is 1. The van der Waals surface area contributed by atoms with Crippen molar-refractivity contribution in [3.8, 4) is 0 Å². The van der Waals surface area contributed by atoms with Gasteiger partial charge in [0.05, 0.1) is 5.69 Å². The zero-order valence-corrected chi connectivity index (χ0v) is 15.2. The van der Waals surface area contributed by atoms with Crippen LogP contribution in [0.25, 0.3) is 0 Å². The van der Waals surface area contributed by atoms with Gasteiger partial charge in [-0.3, -0.25) is 14.4 Å². The van der Waals surface area contributed by atoms with Gasteiger partial charge in [0, 0.05) is 51.9 Å². The molecule has 0 saturated carbocycles. The molecule has 1 aliphatic rings. The molecule has 25 heavy (non-hydrogen) atoms. The van der Waals surface area contributed by atoms with Crippen molar-refractivity contribution in [1.82, 2.24) is 29.9 Å². The number of nitrogens with zero attached hydrogens (tertiary/aromatic N) is 6. The van der Waals surface area contributed by atoms with Crippen LogP contribution in [0.5, 0.6) is 0 Å². The smallest absolute Gasteiger partial charge is 0.222 e. The molecule has 0 N–H and O–H groups in total. The number of carbonyl (C=O) groups excluding carboxylic acids is 1. The summed E-state index contributed by atoms with van der Waals surface area (Å²) >= 11 is 0. The molecule has 1 amide bonds. The Bertz CT molecular complexity index is 715. The van der Waals surface area contributed by atoms with Crippen LogP contribution in [-0.4, -0.2) is 62.0 Å². The highest BCUT2D eigenvalue weighted by Gasteiger charge is 2.22. The first kappa shape index (κ1) is 17.6. The van der Waals surface area contributed by atoms with Crippen molar-refractivity contribution in [2.45, 2.75) is 46.7 Å². The third kappa shape index (κ3) is 4.25. The highest BCUT2D eigenvalue weighted by atomic mass is 16.6. The summed E-state index contributed by atoms with van der Waals surface area (Å²) in [6.07, 6.45) is 3.35. The van der Waals surface area contributed by atoms with E-state index >= 15 is 0 Å². The maximum absolute atomic E-state index is 12.5. The number of rotatable bonds is 6. The first-order chi connectivity index (χ1) is 12.1. The van der Waals surface area contributed by atoms with Gasteiger partial charge in [-0.05, 0) is 32.8 Å². The fourth-order valence-electron chi connectivity index (χ4n) is 3.13. The molecule has 0 radical (unpaired) electrons. The monoisotopic (exact) mass is 346 g/mol. The number of aromatic nitrogens is 4. The summed E-state index contributed by atoms with van der Waals surface area (Å²) in [6.45, 7) is 10.8. The fraction of sp³-hybridized carbons (Fsp3) is 0.647. The Kier molecular flexibility index (Phi) is 5.47. The molecular weight excluding hydrogens is 320 g/mol. The van der Waals surface area contributed by atoms with Crippen molar-refractivity contribution in [2.24, 2.45) is 0 Å². The van der Waals surface area contributed by atoms with Gasteiger partial charge in [0.25, 0.3) is 0 Å². The Morgan fingerprint density at radius 1 is 1.16 bits per heavy atom. The average molecular weight is 346 g/mol. The molecule has 1 saturated heterocycles. The summed E-state index contributed by atoms with van der Waals surface area (Å²) in [7, 11) is 0. The summed E-state index contributed by atoms with van der Waals surface area (Å²) in [5.41, 5.74) is 3.91. The molecule has 0 atom stereocenters. The van der Waals surface area contributed by atoms with E-state index in [-0.39, 0.29) is 5.91 Å². The van der Waals surface area contributed by atoms with Crippen LogP contribution in [0, 0.1) is 13.8 Å². The van der Waals surface area contributed by atoms with E-state index < -0.39 is 0 Å². The van der Waals surface area contributed by atoms with E-state index in [1.807, 2.05) is 23.4 Å². The molecule has 3 rings (SSSR count). The lowest BCUT2D eigenvalue weighted by Gasteiger charge is -2.34. The largest absolute Gasteiger partial charge is 0.340 e. The molecule has 3 heterocycles. The Hall–Kier alpha value is -2.22. The first-order valence-electron chi connectivity index (χ1n) is 8.88. The molecule has 8 nitrogen and oxygen atoms in total. The SMILES string of the molecule is CCn1cc(CCC(=O)N2CCN(Cc3nonc3C)CC2)c(C)n1. The molecule has 8 heteroatoms. The summed E-state index contributed by atoms with van der Waals surface area (Å²) in [5.74, 6) is 0.225. The number of hydrogen-bond acceptors (Lipinski definition) is 6. The molecule has 0 bridgehead atoms. The zero-order valence-electron chi connectivity index (χ0n) is 15.2. The van der Waals surface area contributed by atoms with Crippen LogP contribution in [0.15, 0.2) is 10.8 Å². The van der Waals surface area contributed by atoms with E-state index in [2.05, 4.69) is 33.4 Å². The van der Waals surface area contributed by atoms with Gasteiger partial charge in [-0.2, -0.15) is 5.10 Å². The highest BCUT2D eigenvalue weighted by molar-refractivity contribution is 5.76. The van der Waals surface area contributed by atoms with E-state index in [4.69, 9.17) is 4.63 Å². The minimum atomic E-state index is 0.225. The summed E-state index contributed by atoms with van der Waals surface area (Å²) < 4.78 is 6.67. The van der Waals surface area contributed by atoms with Crippen molar-refractivity contribution in [2.75, 3.05) is 26.2 Å². The van der Waals surface area contributed by atoms with E-state index in [0.29, 0.717) is 6.42 Å². The van der Waals surface area contributed by atoms with Crippen LogP contribution in [-0.2, 0) is 24.3 Å². The van der Waals surface area contributed by atoms with Crippen LogP contribution < -0.4 is 0 Å². The lowest BCUT2D eigenvalue weighted by Crippen LogP contribution is -2.48. The second-order valence-electron chi connectivity index (χ2n) is 6.55. The molecule has 136 valence electrons. The van der Waals surface area contributed by atoms with E-state index in [9.17, 15) is 4.79 Å². The Morgan fingerprint density at radius 2 is 1.92 bits per heavy atom. The minimum Gasteiger partial charge on any atom is -0.340 e. The van der Waals surface area contributed by atoms with Crippen LogP contribution in [0.4, 0.5) is 0 Å². The molecule has 2 aromatic heterocycles. The van der Waals surface area contributed by atoms with Gasteiger partial charge in [0.2, 0.25) is 5.91 Å². The number of aryl methyl sites for hydroxylation is 4. The molecule has 2 aromatic rings. The molecule has 0 aromatic carbocycles. The van der Waals surface area contributed by atoms with Gasteiger partial charge in [0.15, 0.2) is 0 Å². The predicted octanol–water partition coefficient (Wildman–Crippen LogP) is 1.18. The van der Waals surface area contributed by atoms with Crippen molar-refractivity contribution in [3.63, 3.8) is 0 Å². The number of carbonyl (C=O) groups is 1. The lowest BCUT2D eigenvalue weighted by atomic mass is 10.1. The third-order valence-electron chi connectivity index (χ3n) is 4.83. The van der Waals surface area contributed by atoms with Crippen molar-refractivity contribution in [1.29, 1.82) is 0 Å². The number of hydrogen-bond donors (Lipinski definition) is 0. The van der Waals surface area contributed by atoms with Gasteiger partial charge in [-0.25, -0.2) is 4.63 Å². The summed E-state index contributed by atoms with van der Waals surface area (Å²) in [4.78, 5) is 16.7. The first-order valence-corrected chi connectivity index (χ1v) is 8.88. The Balaban J connectivity index is 1.45. The minimum absolute atomic E-state index is 0.225. The summed E-state index contributed by atoms with van der Waals surface area (Å²) in [5, 5.41) is 12.2. The lowest BCUT2D eigenvalue weighted by molar-refractivity contribution is -0.133. The van der Waals surface area contributed by atoms with Crippen LogP contribution >= 0.6 is 0 Å². The predicted molar refractivity (Wildman–Crippen MR) is 91.9 cm³/mol. The number of amides is 1. The van der Waals surface area contributed by atoms with E-state index in [1.54, 1.807) is 0 Å². The topological polar surface area (TPSA) is 80.3 Å². The third-order valence-corrected chi connectivity index (χ3v) is 4.83. The van der Waals surface area contributed by atoms with Gasteiger partial charge < -0.3 is 4.90 Å². The normalized spacial score (nSPS) is 15.7. The molecule has 1 fully saturated rings. The highest BCUT2D eigenvalue weighted by Crippen LogP contribution is 2.13. The van der Waals surface area contributed by atoms with Gasteiger partial charge in [-0.15, -0.1) is 0 Å². The quantitative estimate of drug-likeness (QED) is 0.781. The van der Waals surface area contributed by atoms with Gasteiger partial charge in [0.1, 0.15) is 11.4 Å². The van der Waals surface area contributed by atoms with E-state index in [0.717, 1.165) is 62.8 Å². The van der Waals surface area contributed by atoms with E-state index in [1.165, 1.54) is 5.56 Å². The van der Waals surface area contributed by atoms with Crippen LogP contribution in [0.1, 0.15) is 36.0 Å². The molecule has 0 aliphatic carbocycles. The molecular formula is C17H26N6O2. The van der Waals surface area contributed by atoms with Crippen LogP contribution in [0.3, 0.4) is 0 Å².